The van der Waals surface area contributed by atoms with E-state index in [1.54, 1.807) is 0 Å². The maximum atomic E-state index is 11.6. The molecule has 0 heterocycles. The normalized spacial score (nSPS) is 11.7. The van der Waals surface area contributed by atoms with Gasteiger partial charge in [0.05, 0.1) is 12.4 Å². The van der Waals surface area contributed by atoms with Gasteiger partial charge in [0.25, 0.3) is 0 Å². The molecule has 0 saturated carbocycles. The highest BCUT2D eigenvalue weighted by Crippen LogP contribution is 2.04. The van der Waals surface area contributed by atoms with Gasteiger partial charge >= 0.3 is 0 Å². The molecule has 0 amide bonds. The number of nitrogens with two attached hydrogens (primary N) is 1. The molecule has 18 heavy (non-hydrogen) atoms. The van der Waals surface area contributed by atoms with Crippen molar-refractivity contribution >= 4 is 10.0 Å². The highest BCUT2D eigenvalue weighted by molar-refractivity contribution is 7.89. The molecular weight excluding hydrogens is 252 g/mol. The van der Waals surface area contributed by atoms with Crippen molar-refractivity contribution in [3.8, 4) is 0 Å². The molecule has 0 aromatic heterocycles. The molecule has 5 nitrogen and oxygen atoms in total. The summed E-state index contributed by atoms with van der Waals surface area (Å²) in [5.41, 5.74) is 7.42. The van der Waals surface area contributed by atoms with Crippen LogP contribution in [0.5, 0.6) is 0 Å². The van der Waals surface area contributed by atoms with Crippen LogP contribution in [0.2, 0.25) is 0 Å². The van der Waals surface area contributed by atoms with Crippen LogP contribution in [0.4, 0.5) is 0 Å². The first kappa shape index (κ1) is 15.1. The largest absolute Gasteiger partial charge is 0.381 e. The van der Waals surface area contributed by atoms with Crippen molar-refractivity contribution < 1.29 is 13.2 Å². The minimum Gasteiger partial charge on any atom is -0.381 e. The zero-order valence-electron chi connectivity index (χ0n) is 10.6. The van der Waals surface area contributed by atoms with E-state index in [9.17, 15) is 8.42 Å². The minimum absolute atomic E-state index is 0.0122. The Morgan fingerprint density at radius 3 is 2.39 bits per heavy atom. The first-order valence-electron chi connectivity index (χ1n) is 5.90. The Kier molecular flexibility index (Phi) is 6.28. The highest BCUT2D eigenvalue weighted by atomic mass is 32.2. The van der Waals surface area contributed by atoms with Gasteiger partial charge in [-0.05, 0) is 18.1 Å². The van der Waals surface area contributed by atoms with E-state index in [1.807, 2.05) is 31.2 Å². The summed E-state index contributed by atoms with van der Waals surface area (Å²) in [6, 6.07) is 7.52. The van der Waals surface area contributed by atoms with Gasteiger partial charge in [-0.3, -0.25) is 0 Å². The fourth-order valence-corrected chi connectivity index (χ4v) is 2.24. The van der Waals surface area contributed by atoms with Crippen LogP contribution >= 0.6 is 0 Å². The molecular formula is C12H20N2O3S. The smallest absolute Gasteiger partial charge is 0.214 e. The maximum Gasteiger partial charge on any atom is 0.214 e. The van der Waals surface area contributed by atoms with Gasteiger partial charge in [-0.2, -0.15) is 0 Å². The quantitative estimate of drug-likeness (QED) is 0.679. The summed E-state index contributed by atoms with van der Waals surface area (Å²) in [4.78, 5) is 0. The summed E-state index contributed by atoms with van der Waals surface area (Å²) in [5.74, 6) is -0.0122. The molecule has 3 N–H and O–H groups in total. The Morgan fingerprint density at radius 1 is 1.22 bits per heavy atom. The first-order chi connectivity index (χ1) is 8.57. The lowest BCUT2D eigenvalue weighted by Crippen LogP contribution is -2.28. The van der Waals surface area contributed by atoms with Gasteiger partial charge in [0, 0.05) is 19.7 Å². The molecule has 0 spiro atoms. The van der Waals surface area contributed by atoms with E-state index >= 15 is 0 Å². The maximum absolute atomic E-state index is 11.6. The van der Waals surface area contributed by atoms with Gasteiger partial charge in [-0.1, -0.05) is 24.3 Å². The van der Waals surface area contributed by atoms with Crippen LogP contribution in [0.1, 0.15) is 18.1 Å². The van der Waals surface area contributed by atoms with Gasteiger partial charge in [0.15, 0.2) is 0 Å². The molecule has 1 aromatic rings. The van der Waals surface area contributed by atoms with Crippen molar-refractivity contribution in [1.82, 2.24) is 4.72 Å². The minimum atomic E-state index is -3.27. The van der Waals surface area contributed by atoms with Crippen molar-refractivity contribution in [2.75, 3.05) is 19.0 Å². The third-order valence-corrected chi connectivity index (χ3v) is 3.74. The van der Waals surface area contributed by atoms with Gasteiger partial charge < -0.3 is 10.5 Å². The molecule has 0 aliphatic carbocycles. The van der Waals surface area contributed by atoms with E-state index in [0.717, 1.165) is 11.1 Å². The zero-order chi connectivity index (χ0) is 13.4. The lowest BCUT2D eigenvalue weighted by atomic mass is 10.1. The van der Waals surface area contributed by atoms with Gasteiger partial charge in [0.1, 0.15) is 0 Å². The van der Waals surface area contributed by atoms with E-state index < -0.39 is 10.0 Å². The molecule has 102 valence electrons. The highest BCUT2D eigenvalue weighted by Gasteiger charge is 2.09. The summed E-state index contributed by atoms with van der Waals surface area (Å²) < 4.78 is 30.7. The predicted octanol–water partition coefficient (Wildman–Crippen LogP) is 0.601. The van der Waals surface area contributed by atoms with Gasteiger partial charge in [-0.25, -0.2) is 13.1 Å². The number of sulfonamides is 1. The second kappa shape index (κ2) is 7.48. The van der Waals surface area contributed by atoms with E-state index in [4.69, 9.17) is 10.5 Å². The fourth-order valence-electron chi connectivity index (χ4n) is 1.37. The molecule has 0 aliphatic rings. The van der Waals surface area contributed by atoms with Gasteiger partial charge in [-0.15, -0.1) is 0 Å². The summed E-state index contributed by atoms with van der Waals surface area (Å²) in [5, 5.41) is 0. The van der Waals surface area contributed by atoms with E-state index in [2.05, 4.69) is 4.72 Å². The second-order valence-corrected chi connectivity index (χ2v) is 5.78. The summed E-state index contributed by atoms with van der Waals surface area (Å²) in [7, 11) is -3.27. The summed E-state index contributed by atoms with van der Waals surface area (Å²) in [6.07, 6.45) is 0. The van der Waals surface area contributed by atoms with Crippen molar-refractivity contribution in [3.05, 3.63) is 35.4 Å². The number of hydrogen-bond donors (Lipinski definition) is 2. The standard InChI is InChI=1S/C12H20N2O3S/c1-2-17-7-8-18(15,16)14-10-12-5-3-11(9-13)4-6-12/h3-6,14H,2,7-10,13H2,1H3. The van der Waals surface area contributed by atoms with E-state index in [1.165, 1.54) is 0 Å². The molecule has 6 heteroatoms. The average Bonchev–Trinajstić information content (AvgIpc) is 2.37. The van der Waals surface area contributed by atoms with Crippen LogP contribution in [0.25, 0.3) is 0 Å². The van der Waals surface area contributed by atoms with Crippen LogP contribution in [-0.4, -0.2) is 27.4 Å². The Morgan fingerprint density at radius 2 is 1.83 bits per heavy atom. The topological polar surface area (TPSA) is 81.4 Å². The average molecular weight is 272 g/mol. The molecule has 1 rings (SSSR count). The molecule has 0 fully saturated rings. The summed E-state index contributed by atoms with van der Waals surface area (Å²) in [6.45, 7) is 3.35. The van der Waals surface area contributed by atoms with Crippen molar-refractivity contribution in [1.29, 1.82) is 0 Å². The predicted molar refractivity (Wildman–Crippen MR) is 71.5 cm³/mol. The molecule has 0 bridgehead atoms. The van der Waals surface area contributed by atoms with Crippen molar-refractivity contribution in [3.63, 3.8) is 0 Å². The number of nitrogens with one attached hydrogen (secondary N) is 1. The number of benzene rings is 1. The fraction of sp³-hybridized carbons (Fsp3) is 0.500. The first-order valence-corrected chi connectivity index (χ1v) is 7.55. The van der Waals surface area contributed by atoms with Crippen LogP contribution in [0.15, 0.2) is 24.3 Å². The van der Waals surface area contributed by atoms with Crippen LogP contribution in [0.3, 0.4) is 0 Å². The second-order valence-electron chi connectivity index (χ2n) is 3.86. The summed E-state index contributed by atoms with van der Waals surface area (Å²) >= 11 is 0. The van der Waals surface area contributed by atoms with E-state index in [-0.39, 0.29) is 12.4 Å². The molecule has 0 radical (unpaired) electrons. The Bertz CT molecular complexity index is 443. The van der Waals surface area contributed by atoms with Crippen molar-refractivity contribution in [2.24, 2.45) is 5.73 Å². The SMILES string of the molecule is CCOCCS(=O)(=O)NCc1ccc(CN)cc1. The molecule has 0 saturated heterocycles. The molecule has 1 aromatic carbocycles. The Hall–Kier alpha value is -0.950. The number of hydrogen-bond acceptors (Lipinski definition) is 4. The number of ether oxygens (including phenoxy) is 1. The van der Waals surface area contributed by atoms with Gasteiger partial charge in [0.2, 0.25) is 10.0 Å². The molecule has 0 aliphatic heterocycles. The Labute approximate surface area is 108 Å². The monoisotopic (exact) mass is 272 g/mol. The molecule has 0 unspecified atom stereocenters. The lowest BCUT2D eigenvalue weighted by Gasteiger charge is -2.07. The lowest BCUT2D eigenvalue weighted by molar-refractivity contribution is 0.163. The third kappa shape index (κ3) is 5.59. The Balaban J connectivity index is 2.43. The van der Waals surface area contributed by atoms with E-state index in [0.29, 0.717) is 19.7 Å². The van der Waals surface area contributed by atoms with Crippen LogP contribution < -0.4 is 10.5 Å². The molecule has 0 atom stereocenters. The number of rotatable bonds is 8. The van der Waals surface area contributed by atoms with Crippen molar-refractivity contribution in [2.45, 2.75) is 20.0 Å². The third-order valence-electron chi connectivity index (χ3n) is 2.46. The van der Waals surface area contributed by atoms with Crippen LogP contribution in [0, 0.1) is 0 Å². The van der Waals surface area contributed by atoms with Crippen LogP contribution in [-0.2, 0) is 27.8 Å². The zero-order valence-corrected chi connectivity index (χ0v) is 11.4.